The number of ether oxygens (including phenoxy) is 2. The lowest BCUT2D eigenvalue weighted by atomic mass is 9.76. The van der Waals surface area contributed by atoms with Crippen molar-refractivity contribution >= 4 is 11.9 Å². The van der Waals surface area contributed by atoms with Gasteiger partial charge >= 0.3 is 18.1 Å². The molecular formula is C12H17F3O4. The maximum atomic E-state index is 12.6. The number of hydrogen-bond donors (Lipinski definition) is 0. The van der Waals surface area contributed by atoms with Gasteiger partial charge in [-0.15, -0.1) is 0 Å². The van der Waals surface area contributed by atoms with E-state index in [4.69, 9.17) is 4.74 Å². The van der Waals surface area contributed by atoms with E-state index in [2.05, 4.69) is 4.74 Å². The SMILES string of the molecule is CC(C)C(C)(CC(F)(F)F)C(=O)OC1CCOC1=O. The molecule has 1 fully saturated rings. The normalized spacial score (nSPS) is 23.1. The van der Waals surface area contributed by atoms with Crippen molar-refractivity contribution in [3.8, 4) is 0 Å². The van der Waals surface area contributed by atoms with E-state index in [0.29, 0.717) is 0 Å². The molecule has 1 aliphatic heterocycles. The largest absolute Gasteiger partial charge is 0.463 e. The van der Waals surface area contributed by atoms with Gasteiger partial charge in [0.2, 0.25) is 6.10 Å². The van der Waals surface area contributed by atoms with Crippen molar-refractivity contribution in [2.24, 2.45) is 11.3 Å². The second-order valence-corrected chi connectivity index (χ2v) is 5.21. The predicted molar refractivity (Wildman–Crippen MR) is 59.1 cm³/mol. The second kappa shape index (κ2) is 5.38. The molecule has 2 unspecified atom stereocenters. The molecule has 1 aliphatic rings. The van der Waals surface area contributed by atoms with E-state index in [0.717, 1.165) is 0 Å². The van der Waals surface area contributed by atoms with Crippen LogP contribution in [-0.2, 0) is 19.1 Å². The smallest absolute Gasteiger partial charge is 0.390 e. The molecule has 0 aromatic heterocycles. The molecule has 0 radical (unpaired) electrons. The zero-order valence-electron chi connectivity index (χ0n) is 11.0. The molecule has 0 aromatic rings. The van der Waals surface area contributed by atoms with Gasteiger partial charge in [-0.05, 0) is 12.8 Å². The van der Waals surface area contributed by atoms with E-state index in [9.17, 15) is 22.8 Å². The summed E-state index contributed by atoms with van der Waals surface area (Å²) in [7, 11) is 0. The molecule has 1 heterocycles. The lowest BCUT2D eigenvalue weighted by Crippen LogP contribution is -2.41. The first-order chi connectivity index (χ1) is 8.56. The molecular weight excluding hydrogens is 265 g/mol. The van der Waals surface area contributed by atoms with Gasteiger partial charge in [0.05, 0.1) is 18.4 Å². The van der Waals surface area contributed by atoms with Gasteiger partial charge in [-0.1, -0.05) is 13.8 Å². The van der Waals surface area contributed by atoms with Crippen LogP contribution in [0, 0.1) is 11.3 Å². The van der Waals surface area contributed by atoms with Crippen LogP contribution >= 0.6 is 0 Å². The topological polar surface area (TPSA) is 52.6 Å². The van der Waals surface area contributed by atoms with Gasteiger partial charge in [0.25, 0.3) is 0 Å². The number of rotatable bonds is 4. The first kappa shape index (κ1) is 15.8. The van der Waals surface area contributed by atoms with E-state index >= 15 is 0 Å². The minimum atomic E-state index is -4.48. The van der Waals surface area contributed by atoms with Crippen molar-refractivity contribution in [3.63, 3.8) is 0 Å². The van der Waals surface area contributed by atoms with Crippen molar-refractivity contribution in [1.29, 1.82) is 0 Å². The summed E-state index contributed by atoms with van der Waals surface area (Å²) in [4.78, 5) is 23.1. The molecule has 2 atom stereocenters. The highest BCUT2D eigenvalue weighted by molar-refractivity contribution is 5.83. The van der Waals surface area contributed by atoms with Crippen molar-refractivity contribution in [2.75, 3.05) is 6.61 Å². The second-order valence-electron chi connectivity index (χ2n) is 5.21. The average Bonchev–Trinajstić information content (AvgIpc) is 2.61. The zero-order valence-corrected chi connectivity index (χ0v) is 11.0. The van der Waals surface area contributed by atoms with Crippen molar-refractivity contribution in [3.05, 3.63) is 0 Å². The number of halogens is 3. The molecule has 110 valence electrons. The Labute approximate surface area is 109 Å². The summed E-state index contributed by atoms with van der Waals surface area (Å²) in [6.07, 6.45) is -6.66. The van der Waals surface area contributed by atoms with Gasteiger partial charge in [0.1, 0.15) is 0 Å². The van der Waals surface area contributed by atoms with Crippen LogP contribution in [0.2, 0.25) is 0 Å². The molecule has 19 heavy (non-hydrogen) atoms. The molecule has 0 saturated carbocycles. The number of carbonyl (C=O) groups is 2. The van der Waals surface area contributed by atoms with Gasteiger partial charge in [-0.2, -0.15) is 13.2 Å². The van der Waals surface area contributed by atoms with Crippen molar-refractivity contribution in [2.45, 2.75) is 45.9 Å². The highest BCUT2D eigenvalue weighted by Crippen LogP contribution is 2.40. The van der Waals surface area contributed by atoms with Crippen molar-refractivity contribution < 1.29 is 32.2 Å². The quantitative estimate of drug-likeness (QED) is 0.743. The molecule has 1 rings (SSSR count). The molecule has 0 aromatic carbocycles. The Bertz CT molecular complexity index is 364. The molecule has 0 bridgehead atoms. The number of carbonyl (C=O) groups excluding carboxylic acids is 2. The van der Waals surface area contributed by atoms with Crippen LogP contribution in [0.5, 0.6) is 0 Å². The maximum absolute atomic E-state index is 12.6. The summed E-state index contributed by atoms with van der Waals surface area (Å²) in [6, 6.07) is 0. The van der Waals surface area contributed by atoms with Crippen molar-refractivity contribution in [1.82, 2.24) is 0 Å². The summed E-state index contributed by atoms with van der Waals surface area (Å²) >= 11 is 0. The third kappa shape index (κ3) is 3.84. The number of hydrogen-bond acceptors (Lipinski definition) is 4. The van der Waals surface area contributed by atoms with Crippen LogP contribution in [0.4, 0.5) is 13.2 Å². The van der Waals surface area contributed by atoms with Gasteiger partial charge in [0.15, 0.2) is 0 Å². The first-order valence-corrected chi connectivity index (χ1v) is 6.01. The van der Waals surface area contributed by atoms with Crippen LogP contribution in [0.15, 0.2) is 0 Å². The fraction of sp³-hybridized carbons (Fsp3) is 0.833. The number of cyclic esters (lactones) is 1. The van der Waals surface area contributed by atoms with E-state index in [1.54, 1.807) is 0 Å². The van der Waals surface area contributed by atoms with Crippen LogP contribution in [-0.4, -0.2) is 30.8 Å². The van der Waals surface area contributed by atoms with E-state index < -0.39 is 42.0 Å². The summed E-state index contributed by atoms with van der Waals surface area (Å²) in [6.45, 7) is 4.35. The predicted octanol–water partition coefficient (Wildman–Crippen LogP) is 2.46. The Morgan fingerprint density at radius 1 is 1.47 bits per heavy atom. The minimum Gasteiger partial charge on any atom is -0.463 e. The Morgan fingerprint density at radius 3 is 2.42 bits per heavy atom. The molecule has 1 saturated heterocycles. The highest BCUT2D eigenvalue weighted by Gasteiger charge is 2.48. The number of alkyl halides is 3. The molecule has 0 spiro atoms. The highest BCUT2D eigenvalue weighted by atomic mass is 19.4. The Hall–Kier alpha value is -1.27. The third-order valence-electron chi connectivity index (χ3n) is 3.44. The van der Waals surface area contributed by atoms with Crippen LogP contribution in [0.3, 0.4) is 0 Å². The van der Waals surface area contributed by atoms with E-state index in [1.165, 1.54) is 20.8 Å². The van der Waals surface area contributed by atoms with E-state index in [1.807, 2.05) is 0 Å². The van der Waals surface area contributed by atoms with Gasteiger partial charge in [-0.3, -0.25) is 4.79 Å². The minimum absolute atomic E-state index is 0.119. The van der Waals surface area contributed by atoms with Crippen LogP contribution in [0.25, 0.3) is 0 Å². The van der Waals surface area contributed by atoms with Crippen LogP contribution < -0.4 is 0 Å². The zero-order chi connectivity index (χ0) is 14.8. The monoisotopic (exact) mass is 282 g/mol. The summed E-state index contributed by atoms with van der Waals surface area (Å²) in [5, 5.41) is 0. The summed E-state index contributed by atoms with van der Waals surface area (Å²) in [5.41, 5.74) is -1.71. The molecule has 4 nitrogen and oxygen atoms in total. The molecule has 0 N–H and O–H groups in total. The van der Waals surface area contributed by atoms with Crippen LogP contribution in [0.1, 0.15) is 33.6 Å². The third-order valence-corrected chi connectivity index (χ3v) is 3.44. The molecule has 0 aliphatic carbocycles. The Kier molecular flexibility index (Phi) is 4.47. The fourth-order valence-electron chi connectivity index (χ4n) is 1.78. The number of esters is 2. The van der Waals surface area contributed by atoms with Gasteiger partial charge in [0, 0.05) is 6.42 Å². The summed E-state index contributed by atoms with van der Waals surface area (Å²) in [5.74, 6) is -2.28. The maximum Gasteiger partial charge on any atom is 0.390 e. The fourth-order valence-corrected chi connectivity index (χ4v) is 1.78. The lowest BCUT2D eigenvalue weighted by Gasteiger charge is -2.32. The van der Waals surface area contributed by atoms with Gasteiger partial charge < -0.3 is 9.47 Å². The Morgan fingerprint density at radius 2 is 2.05 bits per heavy atom. The molecule has 7 heteroatoms. The average molecular weight is 282 g/mol. The first-order valence-electron chi connectivity index (χ1n) is 6.01. The standard InChI is InChI=1S/C12H17F3O4/c1-7(2)11(3,6-12(13,14)15)10(17)19-8-4-5-18-9(8)16/h7-8H,4-6H2,1-3H3. The van der Waals surface area contributed by atoms with Gasteiger partial charge in [-0.25, -0.2) is 4.79 Å². The summed E-state index contributed by atoms with van der Waals surface area (Å²) < 4.78 is 47.2. The molecule has 0 amide bonds. The lowest BCUT2D eigenvalue weighted by molar-refractivity contribution is -0.190. The van der Waals surface area contributed by atoms with E-state index in [-0.39, 0.29) is 13.0 Å². The Balaban J connectivity index is 2.81.